The van der Waals surface area contributed by atoms with Crippen molar-refractivity contribution in [3.8, 4) is 5.75 Å². The van der Waals surface area contributed by atoms with Crippen LogP contribution in [0.2, 0.25) is 0 Å². The van der Waals surface area contributed by atoms with Crippen molar-refractivity contribution in [3.63, 3.8) is 0 Å². The number of hydrogen-bond donors (Lipinski definition) is 0. The molecule has 0 saturated carbocycles. The number of esters is 1. The van der Waals surface area contributed by atoms with Gasteiger partial charge < -0.3 is 9.47 Å². The lowest BCUT2D eigenvalue weighted by atomic mass is 10.5. The van der Waals surface area contributed by atoms with Crippen LogP contribution in [0.1, 0.15) is 10.5 Å². The molecular formula is C11H9BrN2O3S. The molecule has 2 aromatic rings. The molecule has 0 radical (unpaired) electrons. The Hall–Kier alpha value is -1.47. The number of carbonyl (C=O) groups is 1. The highest BCUT2D eigenvalue weighted by atomic mass is 79.9. The number of ether oxygens (including phenoxy) is 2. The fourth-order valence-electron chi connectivity index (χ4n) is 1.15. The first-order valence-corrected chi connectivity index (χ1v) is 6.78. The molecule has 5 nitrogen and oxygen atoms in total. The summed E-state index contributed by atoms with van der Waals surface area (Å²) in [6, 6.07) is 1.79. The van der Waals surface area contributed by atoms with E-state index in [-0.39, 0.29) is 13.2 Å². The van der Waals surface area contributed by atoms with Crippen molar-refractivity contribution in [1.82, 2.24) is 9.97 Å². The van der Waals surface area contributed by atoms with E-state index in [1.165, 1.54) is 11.3 Å². The smallest absolute Gasteiger partial charge is 0.357 e. The quantitative estimate of drug-likeness (QED) is 0.623. The van der Waals surface area contributed by atoms with Crippen molar-refractivity contribution in [1.29, 1.82) is 0 Å². The monoisotopic (exact) mass is 328 g/mol. The van der Waals surface area contributed by atoms with Gasteiger partial charge in [-0.05, 0) is 22.0 Å². The third-order valence-corrected chi connectivity index (χ3v) is 2.93. The standard InChI is InChI=1S/C11H9BrN2O3S/c12-8-3-9(5-13-4-8)16-1-2-17-11(15)10-6-18-7-14-10/h3-7H,1-2H2. The van der Waals surface area contributed by atoms with E-state index in [9.17, 15) is 4.79 Å². The molecule has 0 N–H and O–H groups in total. The Morgan fingerprint density at radius 1 is 1.39 bits per heavy atom. The molecule has 7 heteroatoms. The van der Waals surface area contributed by atoms with Gasteiger partial charge in [-0.2, -0.15) is 0 Å². The molecule has 0 spiro atoms. The molecule has 0 aliphatic carbocycles. The average Bonchev–Trinajstić information content (AvgIpc) is 2.88. The molecule has 2 heterocycles. The summed E-state index contributed by atoms with van der Waals surface area (Å²) in [5, 5.41) is 1.64. The maximum Gasteiger partial charge on any atom is 0.357 e. The molecule has 0 aromatic carbocycles. The first-order chi connectivity index (χ1) is 8.75. The average molecular weight is 329 g/mol. The van der Waals surface area contributed by atoms with Crippen LogP contribution >= 0.6 is 27.3 Å². The highest BCUT2D eigenvalue weighted by Gasteiger charge is 2.08. The maximum atomic E-state index is 11.4. The Labute approximate surface area is 116 Å². The van der Waals surface area contributed by atoms with E-state index in [1.807, 2.05) is 0 Å². The third-order valence-electron chi connectivity index (χ3n) is 1.91. The number of pyridine rings is 1. The fourth-order valence-corrected chi connectivity index (χ4v) is 2.02. The number of hydrogen-bond acceptors (Lipinski definition) is 6. The van der Waals surface area contributed by atoms with Gasteiger partial charge in [0, 0.05) is 16.0 Å². The summed E-state index contributed by atoms with van der Waals surface area (Å²) in [4.78, 5) is 19.2. The van der Waals surface area contributed by atoms with Crippen molar-refractivity contribution < 1.29 is 14.3 Å². The molecule has 0 fully saturated rings. The van der Waals surface area contributed by atoms with Crippen molar-refractivity contribution >= 4 is 33.2 Å². The lowest BCUT2D eigenvalue weighted by molar-refractivity contribution is 0.0444. The largest absolute Gasteiger partial charge is 0.488 e. The molecule has 2 aromatic heterocycles. The van der Waals surface area contributed by atoms with Crippen LogP contribution in [0.5, 0.6) is 5.75 Å². The van der Waals surface area contributed by atoms with Gasteiger partial charge in [0.15, 0.2) is 5.69 Å². The summed E-state index contributed by atoms with van der Waals surface area (Å²) in [6.07, 6.45) is 3.25. The van der Waals surface area contributed by atoms with E-state index in [1.54, 1.807) is 29.4 Å². The van der Waals surface area contributed by atoms with Gasteiger partial charge >= 0.3 is 5.97 Å². The molecule has 0 amide bonds. The fraction of sp³-hybridized carbons (Fsp3) is 0.182. The van der Waals surface area contributed by atoms with Gasteiger partial charge in [0.05, 0.1) is 11.7 Å². The van der Waals surface area contributed by atoms with Crippen LogP contribution in [-0.4, -0.2) is 29.2 Å². The normalized spacial score (nSPS) is 10.1. The van der Waals surface area contributed by atoms with E-state index in [0.717, 1.165) is 4.47 Å². The Morgan fingerprint density at radius 3 is 3.00 bits per heavy atom. The van der Waals surface area contributed by atoms with Crippen LogP contribution in [0.3, 0.4) is 0 Å². The van der Waals surface area contributed by atoms with Gasteiger partial charge in [-0.25, -0.2) is 9.78 Å². The predicted octanol–water partition coefficient (Wildman–Crippen LogP) is 2.54. The second kappa shape index (κ2) is 6.46. The molecular weight excluding hydrogens is 320 g/mol. The number of rotatable bonds is 5. The van der Waals surface area contributed by atoms with Crippen LogP contribution in [0.15, 0.2) is 33.8 Å². The minimum absolute atomic E-state index is 0.170. The second-order valence-corrected chi connectivity index (χ2v) is 4.83. The lowest BCUT2D eigenvalue weighted by Crippen LogP contribution is -2.12. The van der Waals surface area contributed by atoms with E-state index in [0.29, 0.717) is 11.4 Å². The van der Waals surface area contributed by atoms with Gasteiger partial charge in [-0.3, -0.25) is 4.98 Å². The van der Waals surface area contributed by atoms with Gasteiger partial charge in [-0.1, -0.05) is 0 Å². The Morgan fingerprint density at radius 2 is 2.28 bits per heavy atom. The summed E-state index contributed by atoms with van der Waals surface area (Å²) < 4.78 is 11.2. The topological polar surface area (TPSA) is 61.3 Å². The Balaban J connectivity index is 1.72. The number of thiazole rings is 1. The van der Waals surface area contributed by atoms with Gasteiger partial charge in [0.1, 0.15) is 19.0 Å². The van der Waals surface area contributed by atoms with Crippen molar-refractivity contribution in [2.24, 2.45) is 0 Å². The zero-order valence-corrected chi connectivity index (χ0v) is 11.6. The molecule has 0 atom stereocenters. The van der Waals surface area contributed by atoms with E-state index >= 15 is 0 Å². The third kappa shape index (κ3) is 3.78. The predicted molar refractivity (Wildman–Crippen MR) is 69.8 cm³/mol. The summed E-state index contributed by atoms with van der Waals surface area (Å²) >= 11 is 4.63. The highest BCUT2D eigenvalue weighted by molar-refractivity contribution is 9.10. The van der Waals surface area contributed by atoms with Crippen LogP contribution in [0.25, 0.3) is 0 Å². The van der Waals surface area contributed by atoms with Crippen molar-refractivity contribution in [2.75, 3.05) is 13.2 Å². The maximum absolute atomic E-state index is 11.4. The van der Waals surface area contributed by atoms with Gasteiger partial charge in [0.25, 0.3) is 0 Å². The SMILES string of the molecule is O=C(OCCOc1cncc(Br)c1)c1cscn1. The molecule has 2 rings (SSSR count). The molecule has 18 heavy (non-hydrogen) atoms. The second-order valence-electron chi connectivity index (χ2n) is 3.20. The number of carbonyl (C=O) groups excluding carboxylic acids is 1. The van der Waals surface area contributed by atoms with Crippen LogP contribution in [0, 0.1) is 0 Å². The first kappa shape index (κ1) is 13.0. The number of nitrogens with zero attached hydrogens (tertiary/aromatic N) is 2. The van der Waals surface area contributed by atoms with Crippen LogP contribution < -0.4 is 4.74 Å². The first-order valence-electron chi connectivity index (χ1n) is 5.04. The van der Waals surface area contributed by atoms with E-state index in [2.05, 4.69) is 25.9 Å². The van der Waals surface area contributed by atoms with Crippen molar-refractivity contribution in [3.05, 3.63) is 39.5 Å². The number of halogens is 1. The minimum Gasteiger partial charge on any atom is -0.488 e. The summed E-state index contributed by atoms with van der Waals surface area (Å²) in [5.41, 5.74) is 1.91. The summed E-state index contributed by atoms with van der Waals surface area (Å²) in [5.74, 6) is 0.182. The van der Waals surface area contributed by atoms with Gasteiger partial charge in [0.2, 0.25) is 0 Å². The molecule has 0 aliphatic rings. The Bertz CT molecular complexity index is 519. The summed E-state index contributed by atoms with van der Waals surface area (Å²) in [7, 11) is 0. The van der Waals surface area contributed by atoms with E-state index < -0.39 is 5.97 Å². The van der Waals surface area contributed by atoms with E-state index in [4.69, 9.17) is 9.47 Å². The number of aromatic nitrogens is 2. The molecule has 0 bridgehead atoms. The molecule has 94 valence electrons. The molecule has 0 aliphatic heterocycles. The van der Waals surface area contributed by atoms with Crippen molar-refractivity contribution in [2.45, 2.75) is 0 Å². The highest BCUT2D eigenvalue weighted by Crippen LogP contribution is 2.15. The Kier molecular flexibility index (Phi) is 4.66. The minimum atomic E-state index is -0.438. The molecule has 0 saturated heterocycles. The van der Waals surface area contributed by atoms with Crippen LogP contribution in [-0.2, 0) is 4.74 Å². The van der Waals surface area contributed by atoms with Crippen LogP contribution in [0.4, 0.5) is 0 Å². The zero-order valence-electron chi connectivity index (χ0n) is 9.21. The van der Waals surface area contributed by atoms with Gasteiger partial charge in [-0.15, -0.1) is 11.3 Å². The summed E-state index contributed by atoms with van der Waals surface area (Å²) in [6.45, 7) is 0.441. The zero-order chi connectivity index (χ0) is 12.8. The molecule has 0 unspecified atom stereocenters. The lowest BCUT2D eigenvalue weighted by Gasteiger charge is -2.06.